The third kappa shape index (κ3) is 6.79. The topological polar surface area (TPSA) is 237 Å². The summed E-state index contributed by atoms with van der Waals surface area (Å²) in [4.78, 5) is 43.7. The molecule has 17 heteroatoms. The lowest BCUT2D eigenvalue weighted by Crippen LogP contribution is -2.07. The molecule has 0 aliphatic rings. The van der Waals surface area contributed by atoms with E-state index >= 15 is 0 Å². The third-order valence-corrected chi connectivity index (χ3v) is 5.61. The van der Waals surface area contributed by atoms with E-state index in [-0.39, 0.29) is 29.1 Å². The Bertz CT molecular complexity index is 1690. The molecule has 208 valence electrons. The molecule has 0 saturated heterocycles. The van der Waals surface area contributed by atoms with Gasteiger partial charge < -0.3 is 15.7 Å². The van der Waals surface area contributed by atoms with Crippen LogP contribution in [0.5, 0.6) is 5.75 Å². The van der Waals surface area contributed by atoms with Gasteiger partial charge in [-0.25, -0.2) is 5.43 Å². The summed E-state index contributed by atoms with van der Waals surface area (Å²) in [5.74, 6) is -0.836. The maximum absolute atomic E-state index is 11.2. The van der Waals surface area contributed by atoms with E-state index in [4.69, 9.17) is 0 Å². The van der Waals surface area contributed by atoms with Gasteiger partial charge in [-0.05, 0) is 49.2 Å². The zero-order chi connectivity index (χ0) is 29.7. The number of aryl methyl sites for hydroxylation is 2. The molecule has 3 aromatic carbocycles. The fourth-order valence-corrected chi connectivity index (χ4v) is 3.41. The van der Waals surface area contributed by atoms with Crippen LogP contribution in [0.1, 0.15) is 16.7 Å². The highest BCUT2D eigenvalue weighted by atomic mass is 16.6. The number of aromatic hydroxyl groups is 1. The minimum absolute atomic E-state index is 0.0201. The van der Waals surface area contributed by atoms with Gasteiger partial charge in [-0.1, -0.05) is 6.07 Å². The predicted octanol–water partition coefficient (Wildman–Crippen LogP) is 4.85. The SMILES string of the molecule is Cc1ccc(Nc2nc(NN=Cc3cc([N+](=O)[O-])cc([N+](=O)[O-])c3O)nc(Nc3ccc([N+](=O)[O-])cc3)n2)cc1C. The number of phenols is 1. The number of nitrogens with one attached hydrogen (secondary N) is 3. The number of hydrogen-bond acceptors (Lipinski definition) is 14. The number of non-ortho nitro benzene ring substituents is 2. The number of anilines is 5. The number of nitrogens with zero attached hydrogens (tertiary/aromatic N) is 7. The van der Waals surface area contributed by atoms with E-state index in [0.29, 0.717) is 17.4 Å². The second-order valence-electron chi connectivity index (χ2n) is 8.45. The molecule has 0 unspecified atom stereocenters. The smallest absolute Gasteiger partial charge is 0.318 e. The quantitative estimate of drug-likeness (QED) is 0.115. The maximum Gasteiger partial charge on any atom is 0.318 e. The lowest BCUT2D eigenvalue weighted by atomic mass is 10.1. The van der Waals surface area contributed by atoms with Crippen LogP contribution in [0.25, 0.3) is 0 Å². The summed E-state index contributed by atoms with van der Waals surface area (Å²) in [7, 11) is 0. The van der Waals surface area contributed by atoms with Crippen LogP contribution in [0.3, 0.4) is 0 Å². The molecule has 0 aliphatic carbocycles. The highest BCUT2D eigenvalue weighted by molar-refractivity contribution is 5.87. The van der Waals surface area contributed by atoms with Crippen LogP contribution in [-0.2, 0) is 0 Å². The molecule has 0 atom stereocenters. The standard InChI is InChI=1S/C24H20N10O7/c1-13-3-4-17(9-14(13)2)27-23-28-22(26-16-5-7-18(8-6-16)32(36)37)29-24(30-23)31-25-12-15-10-19(33(38)39)11-20(21(15)35)34(40)41/h3-12,35H,1-2H3,(H3,26,27,28,29,30,31). The number of hydrazone groups is 1. The molecule has 4 N–H and O–H groups in total. The Morgan fingerprint density at radius 1 is 0.732 bits per heavy atom. The van der Waals surface area contributed by atoms with Crippen molar-refractivity contribution in [3.05, 3.63) is 102 Å². The van der Waals surface area contributed by atoms with Crippen molar-refractivity contribution in [1.82, 2.24) is 15.0 Å². The van der Waals surface area contributed by atoms with Crippen LogP contribution in [0.4, 0.5) is 46.3 Å². The molecule has 0 amide bonds. The third-order valence-electron chi connectivity index (χ3n) is 5.61. The van der Waals surface area contributed by atoms with Gasteiger partial charge in [-0.3, -0.25) is 30.3 Å². The Morgan fingerprint density at radius 3 is 1.90 bits per heavy atom. The lowest BCUT2D eigenvalue weighted by Gasteiger charge is -2.11. The number of nitro groups is 3. The van der Waals surface area contributed by atoms with Crippen molar-refractivity contribution >= 4 is 52.5 Å². The first-order valence-electron chi connectivity index (χ1n) is 11.6. The first-order valence-corrected chi connectivity index (χ1v) is 11.6. The average Bonchev–Trinajstić information content (AvgIpc) is 2.91. The lowest BCUT2D eigenvalue weighted by molar-refractivity contribution is -0.394. The molecule has 4 rings (SSSR count). The summed E-state index contributed by atoms with van der Waals surface area (Å²) in [5.41, 5.74) is 3.80. The maximum atomic E-state index is 11.2. The second kappa shape index (κ2) is 11.6. The summed E-state index contributed by atoms with van der Waals surface area (Å²) >= 11 is 0. The fourth-order valence-electron chi connectivity index (χ4n) is 3.41. The normalized spacial score (nSPS) is 10.8. The van der Waals surface area contributed by atoms with Crippen LogP contribution in [0.15, 0.2) is 59.7 Å². The van der Waals surface area contributed by atoms with Crippen molar-refractivity contribution in [1.29, 1.82) is 0 Å². The predicted molar refractivity (Wildman–Crippen MR) is 148 cm³/mol. The zero-order valence-electron chi connectivity index (χ0n) is 21.3. The molecule has 0 fully saturated rings. The number of phenolic OH excluding ortho intramolecular Hbond substituents is 1. The van der Waals surface area contributed by atoms with Gasteiger partial charge in [0, 0.05) is 29.6 Å². The summed E-state index contributed by atoms with van der Waals surface area (Å²) < 4.78 is 0. The van der Waals surface area contributed by atoms with Gasteiger partial charge in [0.1, 0.15) is 0 Å². The van der Waals surface area contributed by atoms with Crippen molar-refractivity contribution in [2.45, 2.75) is 13.8 Å². The number of rotatable bonds is 10. The monoisotopic (exact) mass is 560 g/mol. The van der Waals surface area contributed by atoms with Gasteiger partial charge in [0.05, 0.1) is 32.6 Å². The molecule has 17 nitrogen and oxygen atoms in total. The summed E-state index contributed by atoms with van der Waals surface area (Å²) in [5, 5.41) is 53.3. The Hall–Kier alpha value is -6.26. The highest BCUT2D eigenvalue weighted by Gasteiger charge is 2.23. The molecule has 1 aromatic heterocycles. The van der Waals surface area contributed by atoms with Crippen molar-refractivity contribution in [2.75, 3.05) is 16.1 Å². The molecule has 4 aromatic rings. The van der Waals surface area contributed by atoms with Gasteiger partial charge in [0.25, 0.3) is 11.4 Å². The van der Waals surface area contributed by atoms with E-state index in [9.17, 15) is 35.4 Å². The number of hydrogen-bond donors (Lipinski definition) is 4. The molecule has 0 spiro atoms. The van der Waals surface area contributed by atoms with Crippen LogP contribution >= 0.6 is 0 Å². The largest absolute Gasteiger partial charge is 0.502 e. The van der Waals surface area contributed by atoms with Crippen molar-refractivity contribution in [3.63, 3.8) is 0 Å². The highest BCUT2D eigenvalue weighted by Crippen LogP contribution is 2.33. The van der Waals surface area contributed by atoms with Crippen molar-refractivity contribution in [2.24, 2.45) is 5.10 Å². The summed E-state index contributed by atoms with van der Waals surface area (Å²) in [6.07, 6.45) is 0.930. The van der Waals surface area contributed by atoms with Gasteiger partial charge in [-0.15, -0.1) is 0 Å². The number of benzene rings is 3. The molecule has 0 aliphatic heterocycles. The fraction of sp³-hybridized carbons (Fsp3) is 0.0833. The Labute approximate surface area is 230 Å². The molecular weight excluding hydrogens is 540 g/mol. The summed E-state index contributed by atoms with van der Waals surface area (Å²) in [6, 6.07) is 12.7. The molecule has 1 heterocycles. The second-order valence-corrected chi connectivity index (χ2v) is 8.45. The van der Waals surface area contributed by atoms with E-state index in [1.165, 1.54) is 24.3 Å². The van der Waals surface area contributed by atoms with E-state index in [0.717, 1.165) is 23.4 Å². The van der Waals surface area contributed by atoms with E-state index in [1.54, 1.807) is 0 Å². The van der Waals surface area contributed by atoms with Gasteiger partial charge in [0.2, 0.25) is 23.6 Å². The van der Waals surface area contributed by atoms with Crippen LogP contribution < -0.4 is 16.1 Å². The Kier molecular flexibility index (Phi) is 7.88. The van der Waals surface area contributed by atoms with Crippen LogP contribution in [0.2, 0.25) is 0 Å². The Morgan fingerprint density at radius 2 is 1.32 bits per heavy atom. The number of aromatic nitrogens is 3. The van der Waals surface area contributed by atoms with Gasteiger partial charge in [0.15, 0.2) is 0 Å². The summed E-state index contributed by atoms with van der Waals surface area (Å²) in [6.45, 7) is 3.90. The van der Waals surface area contributed by atoms with Crippen molar-refractivity contribution < 1.29 is 19.9 Å². The minimum Gasteiger partial charge on any atom is -0.502 e. The molecule has 41 heavy (non-hydrogen) atoms. The van der Waals surface area contributed by atoms with Gasteiger partial charge in [-0.2, -0.15) is 20.1 Å². The molecule has 0 saturated carbocycles. The first kappa shape index (κ1) is 27.8. The van der Waals surface area contributed by atoms with Crippen molar-refractivity contribution in [3.8, 4) is 5.75 Å². The molecule has 0 bridgehead atoms. The zero-order valence-corrected chi connectivity index (χ0v) is 21.3. The van der Waals surface area contributed by atoms with E-state index in [1.807, 2.05) is 32.0 Å². The van der Waals surface area contributed by atoms with Gasteiger partial charge >= 0.3 is 5.69 Å². The molecule has 0 radical (unpaired) electrons. The number of nitro benzene ring substituents is 3. The first-order chi connectivity index (χ1) is 19.5. The van der Waals surface area contributed by atoms with E-state index in [2.05, 4.69) is 36.1 Å². The average molecular weight is 560 g/mol. The van der Waals surface area contributed by atoms with E-state index < -0.39 is 31.9 Å². The molecular formula is C24H20N10O7. The Balaban J connectivity index is 1.65. The van der Waals surface area contributed by atoms with Crippen LogP contribution in [0, 0.1) is 44.2 Å². The minimum atomic E-state index is -0.958. The van der Waals surface area contributed by atoms with Crippen LogP contribution in [-0.4, -0.2) is 41.0 Å².